The molecule has 1 aromatic rings. The van der Waals surface area contributed by atoms with Gasteiger partial charge in [0, 0.05) is 13.6 Å². The third-order valence-electron chi connectivity index (χ3n) is 2.85. The average molecular weight is 316 g/mol. The summed E-state index contributed by atoms with van der Waals surface area (Å²) in [4.78, 5) is 0. The van der Waals surface area contributed by atoms with Crippen LogP contribution >= 0.6 is 0 Å². The van der Waals surface area contributed by atoms with Crippen LogP contribution in [0.5, 0.6) is 0 Å². The molecule has 0 atom stereocenters. The molecule has 1 N–H and O–H groups in total. The Labute approximate surface area is 128 Å². The summed E-state index contributed by atoms with van der Waals surface area (Å²) in [7, 11) is -1.97. The average Bonchev–Trinajstić information content (AvgIpc) is 2.75. The lowest BCUT2D eigenvalue weighted by atomic mass is 9.97. The second-order valence-electron chi connectivity index (χ2n) is 7.07. The van der Waals surface area contributed by atoms with Crippen molar-refractivity contribution in [3.63, 3.8) is 0 Å². The van der Waals surface area contributed by atoms with Crippen molar-refractivity contribution in [1.29, 1.82) is 0 Å². The maximum atomic E-state index is 12.4. The van der Waals surface area contributed by atoms with Crippen LogP contribution in [0.15, 0.2) is 21.6 Å². The summed E-state index contributed by atoms with van der Waals surface area (Å²) < 4.78 is 31.7. The van der Waals surface area contributed by atoms with Crippen molar-refractivity contribution >= 4 is 10.0 Å². The fraction of sp³-hybridized carbons (Fsp3) is 0.733. The molecule has 6 heteroatoms. The number of hydrogen-bond donors (Lipinski definition) is 1. The summed E-state index contributed by atoms with van der Waals surface area (Å²) in [6.07, 6.45) is 0. The molecule has 1 aromatic heterocycles. The minimum absolute atomic E-state index is 0.00981. The molecule has 0 radical (unpaired) electrons. The molecular formula is C15H28N2O3S. The molecule has 1 heterocycles. The van der Waals surface area contributed by atoms with E-state index in [1.807, 2.05) is 20.8 Å². The highest BCUT2D eigenvalue weighted by molar-refractivity contribution is 7.89. The quantitative estimate of drug-likeness (QED) is 0.840. The van der Waals surface area contributed by atoms with Gasteiger partial charge in [0.25, 0.3) is 10.0 Å². The molecule has 0 spiro atoms. The van der Waals surface area contributed by atoms with E-state index in [9.17, 15) is 8.42 Å². The second-order valence-corrected chi connectivity index (χ2v) is 9.04. The van der Waals surface area contributed by atoms with Crippen molar-refractivity contribution in [2.75, 3.05) is 20.1 Å². The van der Waals surface area contributed by atoms with Crippen molar-refractivity contribution in [2.24, 2.45) is 11.3 Å². The molecule has 0 aliphatic heterocycles. The predicted octanol–water partition coefficient (Wildman–Crippen LogP) is 2.69. The highest BCUT2D eigenvalue weighted by Crippen LogP contribution is 2.22. The van der Waals surface area contributed by atoms with E-state index in [0.29, 0.717) is 24.8 Å². The van der Waals surface area contributed by atoms with Crippen LogP contribution < -0.4 is 5.32 Å². The Morgan fingerprint density at radius 3 is 2.43 bits per heavy atom. The van der Waals surface area contributed by atoms with Gasteiger partial charge in [0.2, 0.25) is 5.09 Å². The first-order chi connectivity index (χ1) is 9.52. The van der Waals surface area contributed by atoms with Crippen LogP contribution in [0.25, 0.3) is 0 Å². The van der Waals surface area contributed by atoms with Gasteiger partial charge in [-0.15, -0.1) is 0 Å². The van der Waals surface area contributed by atoms with Crippen LogP contribution in [0.3, 0.4) is 0 Å². The number of furan rings is 1. The minimum atomic E-state index is -3.55. The van der Waals surface area contributed by atoms with E-state index in [2.05, 4.69) is 19.2 Å². The molecule has 0 aliphatic carbocycles. The SMILES string of the molecule is CC(C)CNCc1ccc(S(=O)(=O)N(C)CC(C)(C)C)o1. The molecule has 0 bridgehead atoms. The van der Waals surface area contributed by atoms with Crippen molar-refractivity contribution in [1.82, 2.24) is 9.62 Å². The Bertz CT molecular complexity index is 542. The molecule has 0 unspecified atom stereocenters. The van der Waals surface area contributed by atoms with Crippen molar-refractivity contribution in [3.8, 4) is 0 Å². The van der Waals surface area contributed by atoms with E-state index in [4.69, 9.17) is 4.42 Å². The fourth-order valence-electron chi connectivity index (χ4n) is 1.98. The number of nitrogens with zero attached hydrogens (tertiary/aromatic N) is 1. The first kappa shape index (κ1) is 18.2. The number of rotatable bonds is 7. The molecule has 122 valence electrons. The van der Waals surface area contributed by atoms with E-state index in [0.717, 1.165) is 6.54 Å². The normalized spacial score (nSPS) is 13.3. The lowest BCUT2D eigenvalue weighted by molar-refractivity contribution is 0.301. The van der Waals surface area contributed by atoms with Crippen molar-refractivity contribution in [3.05, 3.63) is 17.9 Å². The Morgan fingerprint density at radius 2 is 1.90 bits per heavy atom. The molecule has 0 saturated heterocycles. The lowest BCUT2D eigenvalue weighted by Gasteiger charge is -2.25. The highest BCUT2D eigenvalue weighted by atomic mass is 32.2. The summed E-state index contributed by atoms with van der Waals surface area (Å²) in [5.41, 5.74) is -0.101. The topological polar surface area (TPSA) is 62.6 Å². The zero-order valence-electron chi connectivity index (χ0n) is 13.9. The summed E-state index contributed by atoms with van der Waals surface area (Å²) in [6.45, 7) is 12.1. The van der Waals surface area contributed by atoms with Gasteiger partial charge in [-0.05, 0) is 30.0 Å². The van der Waals surface area contributed by atoms with Gasteiger partial charge in [0.1, 0.15) is 5.76 Å². The number of sulfonamides is 1. The monoisotopic (exact) mass is 316 g/mol. The first-order valence-electron chi connectivity index (χ1n) is 7.28. The van der Waals surface area contributed by atoms with Gasteiger partial charge in [0.05, 0.1) is 6.54 Å². The van der Waals surface area contributed by atoms with Gasteiger partial charge >= 0.3 is 0 Å². The van der Waals surface area contributed by atoms with Gasteiger partial charge in [0.15, 0.2) is 0 Å². The molecule has 0 amide bonds. The maximum absolute atomic E-state index is 12.4. The summed E-state index contributed by atoms with van der Waals surface area (Å²) in [6, 6.07) is 3.24. The van der Waals surface area contributed by atoms with Crippen LogP contribution in [-0.2, 0) is 16.6 Å². The molecule has 0 aliphatic rings. The van der Waals surface area contributed by atoms with Crippen LogP contribution in [0.4, 0.5) is 0 Å². The van der Waals surface area contributed by atoms with Gasteiger partial charge in [-0.25, -0.2) is 8.42 Å². The summed E-state index contributed by atoms with van der Waals surface area (Å²) >= 11 is 0. The van der Waals surface area contributed by atoms with Crippen molar-refractivity contribution < 1.29 is 12.8 Å². The summed E-state index contributed by atoms with van der Waals surface area (Å²) in [5.74, 6) is 1.18. The van der Waals surface area contributed by atoms with Crippen LogP contribution in [-0.4, -0.2) is 32.9 Å². The smallest absolute Gasteiger partial charge is 0.276 e. The lowest BCUT2D eigenvalue weighted by Crippen LogP contribution is -2.34. The van der Waals surface area contributed by atoms with E-state index in [1.165, 1.54) is 10.4 Å². The minimum Gasteiger partial charge on any atom is -0.447 e. The van der Waals surface area contributed by atoms with Crippen molar-refractivity contribution in [2.45, 2.75) is 46.3 Å². The molecule has 5 nitrogen and oxygen atoms in total. The zero-order chi connectivity index (χ0) is 16.3. The largest absolute Gasteiger partial charge is 0.447 e. The third-order valence-corrected chi connectivity index (χ3v) is 4.53. The Hall–Kier alpha value is -0.850. The van der Waals surface area contributed by atoms with E-state index < -0.39 is 10.0 Å². The number of hydrogen-bond acceptors (Lipinski definition) is 4. The predicted molar refractivity (Wildman–Crippen MR) is 84.5 cm³/mol. The van der Waals surface area contributed by atoms with Gasteiger partial charge < -0.3 is 9.73 Å². The first-order valence-corrected chi connectivity index (χ1v) is 8.72. The third kappa shape index (κ3) is 5.80. The molecular weight excluding hydrogens is 288 g/mol. The van der Waals surface area contributed by atoms with Gasteiger partial charge in [-0.3, -0.25) is 0 Å². The molecule has 0 saturated carbocycles. The number of nitrogens with one attached hydrogen (secondary N) is 1. The van der Waals surface area contributed by atoms with Gasteiger partial charge in [-0.2, -0.15) is 4.31 Å². The Balaban J connectivity index is 2.74. The van der Waals surface area contributed by atoms with E-state index in [1.54, 1.807) is 13.1 Å². The highest BCUT2D eigenvalue weighted by Gasteiger charge is 2.27. The fourth-order valence-corrected chi connectivity index (χ4v) is 3.30. The molecule has 0 aromatic carbocycles. The van der Waals surface area contributed by atoms with Gasteiger partial charge in [-0.1, -0.05) is 34.6 Å². The van der Waals surface area contributed by atoms with E-state index >= 15 is 0 Å². The molecule has 1 rings (SSSR count). The van der Waals surface area contributed by atoms with Crippen LogP contribution in [0.2, 0.25) is 0 Å². The Morgan fingerprint density at radius 1 is 1.29 bits per heavy atom. The standard InChI is InChI=1S/C15H28N2O3S/c1-12(2)9-16-10-13-7-8-14(20-13)21(18,19)17(6)11-15(3,4)5/h7-8,12,16H,9-11H2,1-6H3. The van der Waals surface area contributed by atoms with Crippen LogP contribution in [0.1, 0.15) is 40.4 Å². The van der Waals surface area contributed by atoms with E-state index in [-0.39, 0.29) is 10.5 Å². The van der Waals surface area contributed by atoms with Crippen LogP contribution in [0, 0.1) is 11.3 Å². The zero-order valence-corrected chi connectivity index (χ0v) is 14.8. The summed E-state index contributed by atoms with van der Waals surface area (Å²) in [5, 5.41) is 3.24. The maximum Gasteiger partial charge on any atom is 0.276 e. The Kier molecular flexibility index (Phi) is 6.01. The molecule has 0 fully saturated rings. The molecule has 21 heavy (non-hydrogen) atoms. The second kappa shape index (κ2) is 6.94.